The molecule has 1 aromatic rings. The van der Waals surface area contributed by atoms with Crippen molar-refractivity contribution in [3.63, 3.8) is 0 Å². The van der Waals surface area contributed by atoms with Gasteiger partial charge >= 0.3 is 11.7 Å². The van der Waals surface area contributed by atoms with Crippen LogP contribution in [0.3, 0.4) is 0 Å². The Bertz CT molecular complexity index is 479. The lowest BCUT2D eigenvalue weighted by Gasteiger charge is -2.11. The van der Waals surface area contributed by atoms with Crippen molar-refractivity contribution in [2.24, 2.45) is 0 Å². The number of benzene rings is 1. The summed E-state index contributed by atoms with van der Waals surface area (Å²) in [6, 6.07) is 1.99. The minimum Gasteiger partial charge on any atom is -0.479 e. The van der Waals surface area contributed by atoms with Crippen LogP contribution in [0.5, 0.6) is 5.75 Å². The molecule has 0 heterocycles. The van der Waals surface area contributed by atoms with E-state index >= 15 is 0 Å². The number of ether oxygens (including phenoxy) is 1. The zero-order chi connectivity index (χ0) is 13.2. The Kier molecular flexibility index (Phi) is 4.00. The molecule has 0 spiro atoms. The normalized spacial score (nSPS) is 11.9. The highest BCUT2D eigenvalue weighted by atomic mass is 79.9. The summed E-state index contributed by atoms with van der Waals surface area (Å²) in [5.41, 5.74) is -0.634. The molecule has 0 bridgehead atoms. The molecule has 6 nitrogen and oxygen atoms in total. The van der Waals surface area contributed by atoms with Gasteiger partial charge in [0.25, 0.3) is 0 Å². The average Bonchev–Trinajstić information content (AvgIpc) is 2.20. The molecule has 8 heteroatoms. The van der Waals surface area contributed by atoms with Crippen molar-refractivity contribution >= 4 is 27.6 Å². The van der Waals surface area contributed by atoms with Crippen molar-refractivity contribution in [3.05, 3.63) is 32.5 Å². The van der Waals surface area contributed by atoms with Crippen LogP contribution in [0.25, 0.3) is 0 Å². The Morgan fingerprint density at radius 1 is 1.65 bits per heavy atom. The Labute approximate surface area is 103 Å². The van der Waals surface area contributed by atoms with Gasteiger partial charge in [0.15, 0.2) is 11.9 Å². The number of nitro groups is 1. The molecule has 0 unspecified atom stereocenters. The number of carbonyl (C=O) groups is 1. The first-order valence-corrected chi connectivity index (χ1v) is 5.15. The fraction of sp³-hybridized carbons (Fsp3) is 0.222. The molecule has 17 heavy (non-hydrogen) atoms. The molecular formula is C9H7BrFNO5. The predicted octanol–water partition coefficient (Wildman–Crippen LogP) is 2.35. The van der Waals surface area contributed by atoms with Crippen LogP contribution >= 0.6 is 15.9 Å². The fourth-order valence-electron chi connectivity index (χ4n) is 1.03. The summed E-state index contributed by atoms with van der Waals surface area (Å²) in [7, 11) is 0. The maximum absolute atomic E-state index is 13.4. The third-order valence-corrected chi connectivity index (χ3v) is 2.29. The van der Waals surface area contributed by atoms with Crippen LogP contribution in [0.4, 0.5) is 10.1 Å². The van der Waals surface area contributed by atoms with Crippen molar-refractivity contribution in [2.75, 3.05) is 0 Å². The molecule has 0 saturated carbocycles. The van der Waals surface area contributed by atoms with Crippen LogP contribution in [0.1, 0.15) is 6.92 Å². The van der Waals surface area contributed by atoms with Gasteiger partial charge < -0.3 is 9.84 Å². The van der Waals surface area contributed by atoms with Gasteiger partial charge in [-0.15, -0.1) is 0 Å². The van der Waals surface area contributed by atoms with E-state index in [2.05, 4.69) is 15.9 Å². The minimum absolute atomic E-state index is 0.164. The number of nitrogens with zero attached hydrogens (tertiary/aromatic N) is 1. The summed E-state index contributed by atoms with van der Waals surface area (Å²) in [5, 5.41) is 19.3. The lowest BCUT2D eigenvalue weighted by atomic mass is 10.3. The van der Waals surface area contributed by atoms with Gasteiger partial charge in [0.2, 0.25) is 5.75 Å². The van der Waals surface area contributed by atoms with Gasteiger partial charge in [0.05, 0.1) is 4.92 Å². The minimum atomic E-state index is -1.38. The number of hydrogen-bond donors (Lipinski definition) is 1. The first-order chi connectivity index (χ1) is 7.82. The molecule has 1 atom stereocenters. The number of halogens is 2. The lowest BCUT2D eigenvalue weighted by Crippen LogP contribution is -2.23. The fourth-order valence-corrected chi connectivity index (χ4v) is 1.44. The zero-order valence-corrected chi connectivity index (χ0v) is 10.1. The molecule has 0 amide bonds. The SMILES string of the molecule is C[C@@H](Oc1c(F)cc(Br)cc1[N+](=O)[O-])C(=O)O. The first kappa shape index (κ1) is 13.4. The van der Waals surface area contributed by atoms with E-state index < -0.39 is 34.3 Å². The van der Waals surface area contributed by atoms with Gasteiger partial charge in [-0.25, -0.2) is 9.18 Å². The number of nitro benzene ring substituents is 1. The Morgan fingerprint density at radius 2 is 2.24 bits per heavy atom. The van der Waals surface area contributed by atoms with Crippen molar-refractivity contribution in [3.8, 4) is 5.75 Å². The van der Waals surface area contributed by atoms with Crippen LogP contribution in [0.2, 0.25) is 0 Å². The summed E-state index contributed by atoms with van der Waals surface area (Å²) < 4.78 is 18.3. The van der Waals surface area contributed by atoms with E-state index in [9.17, 15) is 19.3 Å². The second kappa shape index (κ2) is 5.09. The van der Waals surface area contributed by atoms with Gasteiger partial charge in [0, 0.05) is 10.5 Å². The Hall–Kier alpha value is -1.70. The highest BCUT2D eigenvalue weighted by Crippen LogP contribution is 2.34. The summed E-state index contributed by atoms with van der Waals surface area (Å²) in [6.07, 6.45) is -1.38. The number of aliphatic carboxylic acids is 1. The summed E-state index contributed by atoms with van der Waals surface area (Å²) in [5.74, 6) is -3.03. The van der Waals surface area contributed by atoms with Crippen molar-refractivity contribution in [1.82, 2.24) is 0 Å². The quantitative estimate of drug-likeness (QED) is 0.681. The van der Waals surface area contributed by atoms with Crippen LogP contribution in [-0.4, -0.2) is 22.1 Å². The first-order valence-electron chi connectivity index (χ1n) is 4.36. The van der Waals surface area contributed by atoms with Gasteiger partial charge in [-0.1, -0.05) is 15.9 Å². The lowest BCUT2D eigenvalue weighted by molar-refractivity contribution is -0.386. The molecule has 0 aromatic heterocycles. The molecule has 0 saturated heterocycles. The Balaban J connectivity index is 3.21. The molecule has 92 valence electrons. The highest BCUT2D eigenvalue weighted by molar-refractivity contribution is 9.10. The van der Waals surface area contributed by atoms with Crippen molar-refractivity contribution in [1.29, 1.82) is 0 Å². The van der Waals surface area contributed by atoms with E-state index in [1.54, 1.807) is 0 Å². The summed E-state index contributed by atoms with van der Waals surface area (Å²) in [6.45, 7) is 1.15. The van der Waals surface area contributed by atoms with E-state index in [4.69, 9.17) is 9.84 Å². The molecule has 1 N–H and O–H groups in total. The van der Waals surface area contributed by atoms with Gasteiger partial charge in [-0.05, 0) is 13.0 Å². The van der Waals surface area contributed by atoms with E-state index in [-0.39, 0.29) is 4.47 Å². The molecule has 1 aromatic carbocycles. The van der Waals surface area contributed by atoms with E-state index in [0.29, 0.717) is 0 Å². The van der Waals surface area contributed by atoms with Crippen LogP contribution < -0.4 is 4.74 Å². The maximum atomic E-state index is 13.4. The number of carboxylic acid groups (broad SMARTS) is 1. The van der Waals surface area contributed by atoms with Crippen LogP contribution in [-0.2, 0) is 4.79 Å². The predicted molar refractivity (Wildman–Crippen MR) is 58.5 cm³/mol. The Morgan fingerprint density at radius 3 is 2.71 bits per heavy atom. The highest BCUT2D eigenvalue weighted by Gasteiger charge is 2.25. The third-order valence-electron chi connectivity index (χ3n) is 1.83. The van der Waals surface area contributed by atoms with E-state index in [0.717, 1.165) is 19.1 Å². The van der Waals surface area contributed by atoms with Gasteiger partial charge in [-0.2, -0.15) is 0 Å². The third kappa shape index (κ3) is 3.13. The molecule has 0 fully saturated rings. The second-order valence-corrected chi connectivity index (χ2v) is 4.01. The van der Waals surface area contributed by atoms with Gasteiger partial charge in [0.1, 0.15) is 0 Å². The molecule has 0 aliphatic carbocycles. The zero-order valence-electron chi connectivity index (χ0n) is 8.52. The topological polar surface area (TPSA) is 89.7 Å². The molecule has 0 aliphatic rings. The molecular weight excluding hydrogens is 301 g/mol. The standard InChI is InChI=1S/C9H7BrFNO5/c1-4(9(13)14)17-8-6(11)2-5(10)3-7(8)12(15)16/h2-4H,1H3,(H,13,14)/t4-/m1/s1. The summed E-state index contributed by atoms with van der Waals surface area (Å²) >= 11 is 2.89. The number of carboxylic acids is 1. The number of hydrogen-bond acceptors (Lipinski definition) is 4. The summed E-state index contributed by atoms with van der Waals surface area (Å²) in [4.78, 5) is 20.4. The van der Waals surface area contributed by atoms with E-state index in [1.807, 2.05) is 0 Å². The van der Waals surface area contributed by atoms with Crippen molar-refractivity contribution in [2.45, 2.75) is 13.0 Å². The van der Waals surface area contributed by atoms with E-state index in [1.165, 1.54) is 0 Å². The molecule has 0 radical (unpaired) electrons. The smallest absolute Gasteiger partial charge is 0.344 e. The van der Waals surface area contributed by atoms with Crippen LogP contribution in [0, 0.1) is 15.9 Å². The second-order valence-electron chi connectivity index (χ2n) is 3.09. The largest absolute Gasteiger partial charge is 0.479 e. The van der Waals surface area contributed by atoms with Gasteiger partial charge in [-0.3, -0.25) is 10.1 Å². The average molecular weight is 308 g/mol. The number of rotatable bonds is 4. The van der Waals surface area contributed by atoms with Crippen molar-refractivity contribution < 1.29 is 24.0 Å². The maximum Gasteiger partial charge on any atom is 0.344 e. The monoisotopic (exact) mass is 307 g/mol. The molecule has 0 aliphatic heterocycles. The molecule has 1 rings (SSSR count). The van der Waals surface area contributed by atoms with Crippen LogP contribution in [0.15, 0.2) is 16.6 Å².